The van der Waals surface area contributed by atoms with Crippen molar-refractivity contribution in [2.45, 2.75) is 247 Å². The van der Waals surface area contributed by atoms with E-state index in [2.05, 4.69) is 42.6 Å². The van der Waals surface area contributed by atoms with Gasteiger partial charge in [-0.15, -0.1) is 0 Å². The second-order valence-electron chi connectivity index (χ2n) is 16.8. The van der Waals surface area contributed by atoms with E-state index in [1.54, 1.807) is 0 Å². The standard InChI is InChI=1S/C34H65N3O2.C10H20O2.C7H14O/c1-5-9-11-13-15-16-17-18-19-20-21-23-25-29-36(28-24-22-14-12-10-6-2)30-26-27-35-31-32(34(39)33(31)38)37(7-3)8-4;1-2-3-4-5-6-7-8-9-12-10-11;1-2-3-4-5-6-7-8/h35H,5-30H2,1-4H3;10H,2-9H2,1H3;7H,2-6H2,1H3. The summed E-state index contributed by atoms with van der Waals surface area (Å²) in [6, 6.07) is 0. The smallest absolute Gasteiger partial charge is 0.293 e. The van der Waals surface area contributed by atoms with Crippen molar-refractivity contribution < 1.29 is 14.3 Å². The summed E-state index contributed by atoms with van der Waals surface area (Å²) in [5, 5.41) is 3.30. The van der Waals surface area contributed by atoms with Gasteiger partial charge in [0, 0.05) is 26.1 Å². The number of nitrogens with zero attached hydrogens (tertiary/aromatic N) is 2. The molecule has 348 valence electrons. The third-order valence-electron chi connectivity index (χ3n) is 11.4. The zero-order valence-corrected chi connectivity index (χ0v) is 40.2. The van der Waals surface area contributed by atoms with E-state index in [1.807, 2.05) is 18.7 Å². The first-order valence-electron chi connectivity index (χ1n) is 25.5. The van der Waals surface area contributed by atoms with Crippen LogP contribution in [-0.4, -0.2) is 63.5 Å². The molecule has 0 fully saturated rings. The predicted octanol–water partition coefficient (Wildman–Crippen LogP) is 13.8. The van der Waals surface area contributed by atoms with Crippen molar-refractivity contribution in [3.63, 3.8) is 0 Å². The highest BCUT2D eigenvalue weighted by atomic mass is 16.5. The van der Waals surface area contributed by atoms with Gasteiger partial charge >= 0.3 is 0 Å². The Morgan fingerprint density at radius 3 is 1.22 bits per heavy atom. The first-order chi connectivity index (χ1) is 28.9. The molecular formula is C51H99N3O5. The first kappa shape index (κ1) is 58.9. The normalized spacial score (nSPS) is 10.9. The van der Waals surface area contributed by atoms with Crippen LogP contribution in [0.15, 0.2) is 9.59 Å². The minimum Gasteiger partial charge on any atom is -0.468 e. The molecular weight excluding hydrogens is 735 g/mol. The molecule has 0 radical (unpaired) electrons. The highest BCUT2D eigenvalue weighted by Crippen LogP contribution is 2.20. The summed E-state index contributed by atoms with van der Waals surface area (Å²) in [5.74, 6) is 0. The molecule has 0 amide bonds. The quantitative estimate of drug-likeness (QED) is 0.0395. The summed E-state index contributed by atoms with van der Waals surface area (Å²) in [6.07, 6.45) is 42.6. The number of unbranched alkanes of at least 4 members (excludes halogenated alkanes) is 27. The topological polar surface area (TPSA) is 96.0 Å². The van der Waals surface area contributed by atoms with Crippen LogP contribution in [0.1, 0.15) is 247 Å². The van der Waals surface area contributed by atoms with Crippen molar-refractivity contribution in [3.05, 3.63) is 20.4 Å². The fourth-order valence-corrected chi connectivity index (χ4v) is 7.55. The van der Waals surface area contributed by atoms with Crippen LogP contribution in [0.2, 0.25) is 0 Å². The molecule has 0 saturated carbocycles. The Morgan fingerprint density at radius 2 is 0.831 bits per heavy atom. The molecule has 0 spiro atoms. The Morgan fingerprint density at radius 1 is 0.458 bits per heavy atom. The van der Waals surface area contributed by atoms with Crippen LogP contribution in [0.4, 0.5) is 11.4 Å². The third kappa shape index (κ3) is 37.3. The van der Waals surface area contributed by atoms with E-state index in [-0.39, 0.29) is 10.9 Å². The largest absolute Gasteiger partial charge is 0.468 e. The zero-order chi connectivity index (χ0) is 43.9. The van der Waals surface area contributed by atoms with Gasteiger partial charge in [0.1, 0.15) is 17.7 Å². The molecule has 0 aliphatic carbocycles. The van der Waals surface area contributed by atoms with E-state index in [4.69, 9.17) is 0 Å². The third-order valence-corrected chi connectivity index (χ3v) is 11.4. The van der Waals surface area contributed by atoms with Gasteiger partial charge < -0.3 is 24.6 Å². The van der Waals surface area contributed by atoms with Crippen molar-refractivity contribution in [2.24, 2.45) is 0 Å². The van der Waals surface area contributed by atoms with Gasteiger partial charge in [-0.2, -0.15) is 0 Å². The van der Waals surface area contributed by atoms with Crippen LogP contribution in [0.5, 0.6) is 0 Å². The molecule has 8 heteroatoms. The van der Waals surface area contributed by atoms with E-state index >= 15 is 0 Å². The highest BCUT2D eigenvalue weighted by molar-refractivity contribution is 5.75. The van der Waals surface area contributed by atoms with Crippen molar-refractivity contribution >= 4 is 24.1 Å². The maximum absolute atomic E-state index is 12.1. The van der Waals surface area contributed by atoms with Gasteiger partial charge in [-0.05, 0) is 65.6 Å². The van der Waals surface area contributed by atoms with Crippen LogP contribution in [0.3, 0.4) is 0 Å². The lowest BCUT2D eigenvalue weighted by Crippen LogP contribution is -2.43. The summed E-state index contributed by atoms with van der Waals surface area (Å²) in [5.41, 5.74) is 0.477. The molecule has 1 N–H and O–H groups in total. The molecule has 8 nitrogen and oxygen atoms in total. The van der Waals surface area contributed by atoms with Gasteiger partial charge in [0.05, 0.1) is 6.61 Å². The fourth-order valence-electron chi connectivity index (χ4n) is 7.55. The second-order valence-corrected chi connectivity index (χ2v) is 16.8. The summed E-state index contributed by atoms with van der Waals surface area (Å²) >= 11 is 0. The van der Waals surface area contributed by atoms with Crippen LogP contribution >= 0.6 is 0 Å². The van der Waals surface area contributed by atoms with E-state index < -0.39 is 0 Å². The molecule has 0 bridgehead atoms. The number of aldehydes is 1. The maximum atomic E-state index is 12.1. The van der Waals surface area contributed by atoms with Gasteiger partial charge in [0.25, 0.3) is 17.3 Å². The molecule has 1 rings (SSSR count). The minimum atomic E-state index is -0.340. The zero-order valence-electron chi connectivity index (χ0n) is 40.2. The van der Waals surface area contributed by atoms with Crippen LogP contribution in [0, 0.1) is 0 Å². The lowest BCUT2D eigenvalue weighted by molar-refractivity contribution is -0.128. The summed E-state index contributed by atoms with van der Waals surface area (Å²) in [6.45, 7) is 19.8. The average Bonchev–Trinajstić information content (AvgIpc) is 3.25. The molecule has 1 aromatic rings. The van der Waals surface area contributed by atoms with E-state index in [0.29, 0.717) is 24.5 Å². The van der Waals surface area contributed by atoms with Crippen LogP contribution in [-0.2, 0) is 14.3 Å². The molecule has 0 heterocycles. The lowest BCUT2D eigenvalue weighted by atomic mass is 10.0. The fraction of sp³-hybridized carbons (Fsp3) is 0.882. The van der Waals surface area contributed by atoms with Gasteiger partial charge in [0.2, 0.25) is 0 Å². The number of rotatable bonds is 43. The van der Waals surface area contributed by atoms with Crippen molar-refractivity contribution in [1.82, 2.24) is 4.90 Å². The van der Waals surface area contributed by atoms with E-state index in [9.17, 15) is 19.2 Å². The summed E-state index contributed by atoms with van der Waals surface area (Å²) < 4.78 is 4.58. The second kappa shape index (κ2) is 48.4. The SMILES string of the molecule is CCCCCCC=O.CCCCCCCCCCCCCCCN(CCCCCCCC)CCCNc1c(N(CC)CC)c(=O)c1=O.CCCCCCCCCOC=O. The number of hydrogen-bond donors (Lipinski definition) is 1. The van der Waals surface area contributed by atoms with E-state index in [0.717, 1.165) is 58.1 Å². The predicted molar refractivity (Wildman–Crippen MR) is 258 cm³/mol. The monoisotopic (exact) mass is 834 g/mol. The number of carbonyl (C=O) groups excluding carboxylic acids is 2. The summed E-state index contributed by atoms with van der Waals surface area (Å²) in [7, 11) is 0. The lowest BCUT2D eigenvalue weighted by Gasteiger charge is -2.26. The molecule has 0 atom stereocenters. The van der Waals surface area contributed by atoms with Crippen molar-refractivity contribution in [3.8, 4) is 0 Å². The van der Waals surface area contributed by atoms with Gasteiger partial charge in [-0.1, -0.05) is 195 Å². The number of carbonyl (C=O) groups is 2. The van der Waals surface area contributed by atoms with Crippen molar-refractivity contribution in [2.75, 3.05) is 56.1 Å². The minimum absolute atomic E-state index is 0.326. The summed E-state index contributed by atoms with van der Waals surface area (Å²) in [4.78, 5) is 48.4. The molecule has 0 unspecified atom stereocenters. The Hall–Kier alpha value is -2.22. The molecule has 0 saturated heterocycles. The van der Waals surface area contributed by atoms with Gasteiger partial charge in [-0.3, -0.25) is 14.4 Å². The molecule has 0 aliphatic heterocycles. The van der Waals surface area contributed by atoms with Gasteiger partial charge in [-0.25, -0.2) is 0 Å². The number of ether oxygens (including phenoxy) is 1. The first-order valence-corrected chi connectivity index (χ1v) is 25.5. The highest BCUT2D eigenvalue weighted by Gasteiger charge is 2.24. The van der Waals surface area contributed by atoms with Crippen LogP contribution in [0.25, 0.3) is 0 Å². The van der Waals surface area contributed by atoms with Crippen molar-refractivity contribution in [1.29, 1.82) is 0 Å². The number of anilines is 2. The molecule has 0 aromatic heterocycles. The molecule has 1 aromatic carbocycles. The molecule has 59 heavy (non-hydrogen) atoms. The maximum Gasteiger partial charge on any atom is 0.293 e. The average molecular weight is 834 g/mol. The van der Waals surface area contributed by atoms with Gasteiger partial charge in [0.15, 0.2) is 0 Å². The number of nitrogens with one attached hydrogen (secondary N) is 1. The Kier molecular flexibility index (Phi) is 48.3. The number of hydrogen-bond acceptors (Lipinski definition) is 8. The Bertz CT molecular complexity index is 1070. The molecule has 0 aliphatic rings. The van der Waals surface area contributed by atoms with Crippen LogP contribution < -0.4 is 21.1 Å². The Labute approximate surface area is 365 Å². The van der Waals surface area contributed by atoms with E-state index in [1.165, 1.54) is 193 Å². The Balaban J connectivity index is 0.